The zero-order valence-corrected chi connectivity index (χ0v) is 6.81. The minimum Gasteiger partial charge on any atom is -0.398 e. The molecule has 0 aromatic heterocycles. The van der Waals surface area contributed by atoms with Crippen LogP contribution < -0.4 is 17.2 Å². The highest BCUT2D eigenvalue weighted by atomic mass is 14.7. The third-order valence-electron chi connectivity index (χ3n) is 1.92. The van der Waals surface area contributed by atoms with Crippen LogP contribution in [0.15, 0.2) is 6.07 Å². The van der Waals surface area contributed by atoms with Crippen molar-refractivity contribution in [3.8, 4) is 0 Å². The Hall–Kier alpha value is -1.38. The fourth-order valence-corrected chi connectivity index (χ4v) is 1.05. The van der Waals surface area contributed by atoms with Crippen molar-refractivity contribution in [2.24, 2.45) is 0 Å². The first-order chi connectivity index (χ1) is 5.04. The molecule has 6 N–H and O–H groups in total. The Morgan fingerprint density at radius 2 is 1.55 bits per heavy atom. The van der Waals surface area contributed by atoms with Crippen LogP contribution in [0.1, 0.15) is 11.1 Å². The van der Waals surface area contributed by atoms with E-state index in [1.165, 1.54) is 0 Å². The average molecular weight is 151 g/mol. The van der Waals surface area contributed by atoms with Gasteiger partial charge in [-0.3, -0.25) is 0 Å². The number of aryl methyl sites for hydroxylation is 1. The van der Waals surface area contributed by atoms with Crippen LogP contribution in [0, 0.1) is 13.8 Å². The topological polar surface area (TPSA) is 78.1 Å². The zero-order chi connectivity index (χ0) is 8.59. The van der Waals surface area contributed by atoms with Crippen LogP contribution in [-0.2, 0) is 0 Å². The summed E-state index contributed by atoms with van der Waals surface area (Å²) in [4.78, 5) is 0. The van der Waals surface area contributed by atoms with Gasteiger partial charge in [-0.05, 0) is 31.0 Å². The van der Waals surface area contributed by atoms with Gasteiger partial charge in [0.1, 0.15) is 0 Å². The van der Waals surface area contributed by atoms with Gasteiger partial charge in [0.15, 0.2) is 0 Å². The largest absolute Gasteiger partial charge is 0.398 e. The van der Waals surface area contributed by atoms with Crippen molar-refractivity contribution in [3.05, 3.63) is 17.2 Å². The van der Waals surface area contributed by atoms with E-state index in [-0.39, 0.29) is 0 Å². The molecule has 0 atom stereocenters. The van der Waals surface area contributed by atoms with Crippen LogP contribution in [0.3, 0.4) is 0 Å². The van der Waals surface area contributed by atoms with Crippen molar-refractivity contribution in [2.75, 3.05) is 17.2 Å². The van der Waals surface area contributed by atoms with Gasteiger partial charge >= 0.3 is 0 Å². The van der Waals surface area contributed by atoms with E-state index in [2.05, 4.69) is 0 Å². The van der Waals surface area contributed by atoms with E-state index in [9.17, 15) is 0 Å². The van der Waals surface area contributed by atoms with Crippen molar-refractivity contribution in [1.29, 1.82) is 0 Å². The SMILES string of the molecule is Cc1cc(N)c(N)c(C)c1N. The van der Waals surface area contributed by atoms with E-state index < -0.39 is 0 Å². The predicted molar refractivity (Wildman–Crippen MR) is 49.2 cm³/mol. The molecule has 0 saturated heterocycles. The number of rotatable bonds is 0. The summed E-state index contributed by atoms with van der Waals surface area (Å²) in [7, 11) is 0. The molecule has 1 rings (SSSR count). The Morgan fingerprint density at radius 3 is 2.09 bits per heavy atom. The third kappa shape index (κ3) is 1.09. The van der Waals surface area contributed by atoms with Gasteiger partial charge in [-0.2, -0.15) is 0 Å². The second kappa shape index (κ2) is 2.34. The molecule has 0 bridgehead atoms. The quantitative estimate of drug-likeness (QED) is 0.485. The molecule has 0 fully saturated rings. The summed E-state index contributed by atoms with van der Waals surface area (Å²) < 4.78 is 0. The highest BCUT2D eigenvalue weighted by Gasteiger charge is 2.04. The highest BCUT2D eigenvalue weighted by molar-refractivity contribution is 5.76. The second-order valence-corrected chi connectivity index (χ2v) is 2.74. The molecule has 0 unspecified atom stereocenters. The summed E-state index contributed by atoms with van der Waals surface area (Å²) in [5.41, 5.74) is 20.8. The van der Waals surface area contributed by atoms with Gasteiger partial charge in [0, 0.05) is 5.69 Å². The summed E-state index contributed by atoms with van der Waals surface area (Å²) in [5, 5.41) is 0. The smallest absolute Gasteiger partial charge is 0.0598 e. The molecular formula is C8H13N3. The number of benzene rings is 1. The first-order valence-corrected chi connectivity index (χ1v) is 3.44. The van der Waals surface area contributed by atoms with E-state index in [1.54, 1.807) is 6.07 Å². The minimum atomic E-state index is 0.591. The molecule has 3 nitrogen and oxygen atoms in total. The number of nitrogens with two attached hydrogens (primary N) is 3. The first kappa shape index (κ1) is 7.72. The van der Waals surface area contributed by atoms with Crippen molar-refractivity contribution in [2.45, 2.75) is 13.8 Å². The lowest BCUT2D eigenvalue weighted by molar-refractivity contribution is 1.39. The molecule has 1 aromatic rings. The van der Waals surface area contributed by atoms with Crippen molar-refractivity contribution < 1.29 is 0 Å². The van der Waals surface area contributed by atoms with Gasteiger partial charge in [-0.15, -0.1) is 0 Å². The van der Waals surface area contributed by atoms with Gasteiger partial charge < -0.3 is 17.2 Å². The molecule has 3 heteroatoms. The molecule has 0 spiro atoms. The lowest BCUT2D eigenvalue weighted by atomic mass is 10.1. The van der Waals surface area contributed by atoms with E-state index in [4.69, 9.17) is 17.2 Å². The zero-order valence-electron chi connectivity index (χ0n) is 6.81. The van der Waals surface area contributed by atoms with Crippen molar-refractivity contribution in [3.63, 3.8) is 0 Å². The van der Waals surface area contributed by atoms with Crippen LogP contribution in [0.5, 0.6) is 0 Å². The predicted octanol–water partition coefficient (Wildman–Crippen LogP) is 1.05. The molecule has 11 heavy (non-hydrogen) atoms. The average Bonchev–Trinajstić information content (AvgIpc) is 1.97. The first-order valence-electron chi connectivity index (χ1n) is 3.44. The Bertz CT molecular complexity index is 266. The van der Waals surface area contributed by atoms with Gasteiger partial charge in [0.05, 0.1) is 11.4 Å². The number of anilines is 3. The Morgan fingerprint density at radius 1 is 1.00 bits per heavy atom. The summed E-state index contributed by atoms with van der Waals surface area (Å²) >= 11 is 0. The van der Waals surface area contributed by atoms with Crippen LogP contribution in [0.25, 0.3) is 0 Å². The third-order valence-corrected chi connectivity index (χ3v) is 1.92. The maximum Gasteiger partial charge on any atom is 0.0598 e. The molecule has 0 amide bonds. The van der Waals surface area contributed by atoms with Gasteiger partial charge in [0.2, 0.25) is 0 Å². The van der Waals surface area contributed by atoms with E-state index in [0.29, 0.717) is 11.4 Å². The monoisotopic (exact) mass is 151 g/mol. The van der Waals surface area contributed by atoms with Gasteiger partial charge in [-0.25, -0.2) is 0 Å². The molecule has 0 aliphatic carbocycles. The molecule has 0 aliphatic rings. The fourth-order valence-electron chi connectivity index (χ4n) is 1.05. The molecule has 0 heterocycles. The van der Waals surface area contributed by atoms with Crippen LogP contribution >= 0.6 is 0 Å². The Balaban J connectivity index is 3.46. The highest BCUT2D eigenvalue weighted by Crippen LogP contribution is 2.27. The number of hydrogen-bond donors (Lipinski definition) is 3. The molecule has 0 aliphatic heterocycles. The van der Waals surface area contributed by atoms with Crippen LogP contribution in [0.2, 0.25) is 0 Å². The van der Waals surface area contributed by atoms with Crippen molar-refractivity contribution in [1.82, 2.24) is 0 Å². The summed E-state index contributed by atoms with van der Waals surface area (Å²) in [5.74, 6) is 0. The number of nitrogen functional groups attached to an aromatic ring is 3. The maximum atomic E-state index is 5.72. The van der Waals surface area contributed by atoms with Crippen LogP contribution in [-0.4, -0.2) is 0 Å². The Labute approximate surface area is 66.2 Å². The summed E-state index contributed by atoms with van der Waals surface area (Å²) in [6.45, 7) is 3.78. The van der Waals surface area contributed by atoms with E-state index in [0.717, 1.165) is 16.8 Å². The second-order valence-electron chi connectivity index (χ2n) is 2.74. The van der Waals surface area contributed by atoms with E-state index in [1.807, 2.05) is 13.8 Å². The number of hydrogen-bond acceptors (Lipinski definition) is 3. The summed E-state index contributed by atoms with van der Waals surface area (Å²) in [6.07, 6.45) is 0. The lowest BCUT2D eigenvalue weighted by Gasteiger charge is -2.09. The molecule has 0 saturated carbocycles. The van der Waals surface area contributed by atoms with Crippen LogP contribution in [0.4, 0.5) is 17.1 Å². The fraction of sp³-hybridized carbons (Fsp3) is 0.250. The Kier molecular flexibility index (Phi) is 1.64. The van der Waals surface area contributed by atoms with Crippen molar-refractivity contribution >= 4 is 17.1 Å². The molecule has 0 radical (unpaired) electrons. The van der Waals surface area contributed by atoms with Gasteiger partial charge in [-0.1, -0.05) is 0 Å². The van der Waals surface area contributed by atoms with E-state index >= 15 is 0 Å². The maximum absolute atomic E-state index is 5.72. The molecular weight excluding hydrogens is 138 g/mol. The minimum absolute atomic E-state index is 0.591. The lowest BCUT2D eigenvalue weighted by Crippen LogP contribution is -2.02. The normalized spacial score (nSPS) is 10.0. The molecule has 1 aromatic carbocycles. The standard InChI is InChI=1S/C8H13N3/c1-4-3-6(9)8(11)5(2)7(4)10/h3H,9-11H2,1-2H3. The summed E-state index contributed by atoms with van der Waals surface area (Å²) in [6, 6.07) is 1.79. The molecule has 60 valence electrons. The van der Waals surface area contributed by atoms with Gasteiger partial charge in [0.25, 0.3) is 0 Å².